The van der Waals surface area contributed by atoms with Crippen LogP contribution in [-0.2, 0) is 0 Å². The summed E-state index contributed by atoms with van der Waals surface area (Å²) in [4.78, 5) is 0. The van der Waals surface area contributed by atoms with Gasteiger partial charge in [-0.3, -0.25) is 0 Å². The second-order valence-electron chi connectivity index (χ2n) is 4.63. The van der Waals surface area contributed by atoms with Crippen molar-refractivity contribution in [2.24, 2.45) is 0 Å². The monoisotopic (exact) mass is 249 g/mol. The van der Waals surface area contributed by atoms with Crippen LogP contribution in [0.1, 0.15) is 29.7 Å². The summed E-state index contributed by atoms with van der Waals surface area (Å²) in [5, 5.41) is 13.6. The molecule has 18 heavy (non-hydrogen) atoms. The highest BCUT2D eigenvalue weighted by Crippen LogP contribution is 2.31. The molecule has 2 atom stereocenters. The van der Waals surface area contributed by atoms with Crippen molar-refractivity contribution in [2.45, 2.75) is 32.9 Å². The molecule has 0 fully saturated rings. The molecule has 1 rings (SSSR count). The summed E-state index contributed by atoms with van der Waals surface area (Å²) in [5.41, 5.74) is 3.00. The Hall–Kier alpha value is -1.32. The molecule has 0 aromatic heterocycles. The Bertz CT molecular complexity index is 415. The molecule has 1 aromatic rings. The van der Waals surface area contributed by atoms with E-state index in [0.717, 1.165) is 22.4 Å². The summed E-state index contributed by atoms with van der Waals surface area (Å²) >= 11 is 0. The number of rotatable bonds is 6. The average molecular weight is 249 g/mol. The summed E-state index contributed by atoms with van der Waals surface area (Å²) in [7, 11) is 1.63. The Morgan fingerprint density at radius 3 is 2.67 bits per heavy atom. The van der Waals surface area contributed by atoms with E-state index in [9.17, 15) is 5.11 Å². The predicted octanol–water partition coefficient (Wildman–Crippen LogP) is 2.51. The fourth-order valence-electron chi connectivity index (χ4n) is 2.14. The zero-order valence-electron chi connectivity index (χ0n) is 11.7. The largest absolute Gasteiger partial charge is 0.496 e. The molecule has 1 aromatic carbocycles. The van der Waals surface area contributed by atoms with Crippen molar-refractivity contribution in [3.05, 3.63) is 41.5 Å². The Kier molecular flexibility index (Phi) is 5.38. The van der Waals surface area contributed by atoms with Crippen LogP contribution in [0.3, 0.4) is 0 Å². The smallest absolute Gasteiger partial charge is 0.127 e. The van der Waals surface area contributed by atoms with Gasteiger partial charge in [0, 0.05) is 18.2 Å². The maximum absolute atomic E-state index is 10.4. The number of nitrogens with one attached hydrogen (secondary N) is 1. The Morgan fingerprint density at radius 1 is 1.44 bits per heavy atom. The van der Waals surface area contributed by atoms with Crippen LogP contribution < -0.4 is 10.1 Å². The summed E-state index contributed by atoms with van der Waals surface area (Å²) in [6.45, 7) is 10.3. The molecule has 100 valence electrons. The van der Waals surface area contributed by atoms with Gasteiger partial charge < -0.3 is 15.2 Å². The fraction of sp³-hybridized carbons (Fsp3) is 0.467. The minimum atomic E-state index is -0.599. The summed E-state index contributed by atoms with van der Waals surface area (Å²) in [5.74, 6) is 0.764. The van der Waals surface area contributed by atoms with E-state index in [-0.39, 0.29) is 6.04 Å². The van der Waals surface area contributed by atoms with E-state index in [4.69, 9.17) is 4.74 Å². The highest BCUT2D eigenvalue weighted by atomic mass is 16.5. The lowest BCUT2D eigenvalue weighted by atomic mass is 9.97. The van der Waals surface area contributed by atoms with E-state index < -0.39 is 6.10 Å². The lowest BCUT2D eigenvalue weighted by molar-refractivity contribution is 0.134. The van der Waals surface area contributed by atoms with Gasteiger partial charge in [-0.25, -0.2) is 0 Å². The molecule has 2 unspecified atom stereocenters. The summed E-state index contributed by atoms with van der Waals surface area (Å²) in [6.07, 6.45) is 1.18. The van der Waals surface area contributed by atoms with Gasteiger partial charge in [-0.05, 0) is 32.4 Å². The fourth-order valence-corrected chi connectivity index (χ4v) is 2.14. The molecule has 3 nitrogen and oxygen atoms in total. The van der Waals surface area contributed by atoms with Crippen LogP contribution in [-0.4, -0.2) is 24.8 Å². The maximum Gasteiger partial charge on any atom is 0.127 e. The number of benzene rings is 1. The first-order valence-corrected chi connectivity index (χ1v) is 6.18. The van der Waals surface area contributed by atoms with Gasteiger partial charge in [0.15, 0.2) is 0 Å². The van der Waals surface area contributed by atoms with Gasteiger partial charge in [-0.15, -0.1) is 6.58 Å². The van der Waals surface area contributed by atoms with E-state index in [2.05, 4.69) is 18.0 Å². The third kappa shape index (κ3) is 3.34. The van der Waals surface area contributed by atoms with Crippen molar-refractivity contribution in [1.29, 1.82) is 0 Å². The molecule has 0 radical (unpaired) electrons. The average Bonchev–Trinajstić information content (AvgIpc) is 2.34. The van der Waals surface area contributed by atoms with E-state index in [1.165, 1.54) is 0 Å². The molecule has 0 bridgehead atoms. The van der Waals surface area contributed by atoms with Crippen LogP contribution >= 0.6 is 0 Å². The highest BCUT2D eigenvalue weighted by molar-refractivity contribution is 5.45. The quantitative estimate of drug-likeness (QED) is 0.761. The van der Waals surface area contributed by atoms with Crippen LogP contribution in [0.2, 0.25) is 0 Å². The van der Waals surface area contributed by atoms with Crippen molar-refractivity contribution >= 4 is 0 Å². The van der Waals surface area contributed by atoms with Crippen molar-refractivity contribution in [2.75, 3.05) is 13.7 Å². The third-order valence-electron chi connectivity index (χ3n) is 3.03. The molecular weight excluding hydrogens is 226 g/mol. The molecule has 0 spiro atoms. The van der Waals surface area contributed by atoms with Crippen LogP contribution in [0.25, 0.3) is 0 Å². The van der Waals surface area contributed by atoms with Crippen LogP contribution in [0.4, 0.5) is 0 Å². The standard InChI is InChI=1S/C15H23NO2/c1-6-7-16-12(4)14(17)13-9-10(2)8-11(3)15(13)18-5/h6,8-9,12,14,16-17H,1,7H2,2-5H3. The molecule has 0 heterocycles. The van der Waals surface area contributed by atoms with Gasteiger partial charge in [0.1, 0.15) is 5.75 Å². The molecule has 2 N–H and O–H groups in total. The maximum atomic E-state index is 10.4. The van der Waals surface area contributed by atoms with Gasteiger partial charge in [-0.2, -0.15) is 0 Å². The first-order valence-electron chi connectivity index (χ1n) is 6.18. The second kappa shape index (κ2) is 6.57. The number of aryl methyl sites for hydroxylation is 2. The normalized spacial score (nSPS) is 14.1. The molecule has 0 amide bonds. The van der Waals surface area contributed by atoms with Gasteiger partial charge in [0.2, 0.25) is 0 Å². The predicted molar refractivity (Wildman–Crippen MR) is 75.1 cm³/mol. The van der Waals surface area contributed by atoms with Crippen molar-refractivity contribution < 1.29 is 9.84 Å². The Balaban J connectivity index is 3.03. The summed E-state index contributed by atoms with van der Waals surface area (Å²) < 4.78 is 5.40. The number of hydrogen-bond acceptors (Lipinski definition) is 3. The van der Waals surface area contributed by atoms with E-state index in [1.54, 1.807) is 13.2 Å². The van der Waals surface area contributed by atoms with Gasteiger partial charge in [0.25, 0.3) is 0 Å². The van der Waals surface area contributed by atoms with E-state index in [1.807, 2.05) is 26.8 Å². The zero-order chi connectivity index (χ0) is 13.7. The van der Waals surface area contributed by atoms with Gasteiger partial charge in [0.05, 0.1) is 13.2 Å². The van der Waals surface area contributed by atoms with Crippen molar-refractivity contribution in [3.63, 3.8) is 0 Å². The second-order valence-corrected chi connectivity index (χ2v) is 4.63. The highest BCUT2D eigenvalue weighted by Gasteiger charge is 2.20. The van der Waals surface area contributed by atoms with Crippen LogP contribution in [0.5, 0.6) is 5.75 Å². The lowest BCUT2D eigenvalue weighted by Gasteiger charge is -2.23. The van der Waals surface area contributed by atoms with Crippen LogP contribution in [0.15, 0.2) is 24.8 Å². The number of aliphatic hydroxyl groups excluding tert-OH is 1. The number of ether oxygens (including phenoxy) is 1. The minimum absolute atomic E-state index is 0.0573. The van der Waals surface area contributed by atoms with E-state index in [0.29, 0.717) is 6.54 Å². The molecule has 0 aliphatic heterocycles. The Labute approximate surface area is 109 Å². The molecule has 0 saturated carbocycles. The van der Waals surface area contributed by atoms with E-state index >= 15 is 0 Å². The zero-order valence-corrected chi connectivity index (χ0v) is 11.7. The number of hydrogen-bond donors (Lipinski definition) is 2. The summed E-state index contributed by atoms with van der Waals surface area (Å²) in [6, 6.07) is 3.97. The molecule has 0 saturated heterocycles. The lowest BCUT2D eigenvalue weighted by Crippen LogP contribution is -2.32. The van der Waals surface area contributed by atoms with Crippen molar-refractivity contribution in [1.82, 2.24) is 5.32 Å². The minimum Gasteiger partial charge on any atom is -0.496 e. The topological polar surface area (TPSA) is 41.5 Å². The molecule has 0 aliphatic rings. The van der Waals surface area contributed by atoms with Gasteiger partial charge in [-0.1, -0.05) is 17.7 Å². The SMILES string of the molecule is C=CCNC(C)C(O)c1cc(C)cc(C)c1OC. The number of methoxy groups -OCH3 is 1. The first-order chi connectivity index (χ1) is 8.51. The third-order valence-corrected chi connectivity index (χ3v) is 3.03. The Morgan fingerprint density at radius 2 is 2.11 bits per heavy atom. The van der Waals surface area contributed by atoms with Crippen LogP contribution in [0, 0.1) is 13.8 Å². The molecule has 3 heteroatoms. The molecule has 0 aliphatic carbocycles. The van der Waals surface area contributed by atoms with Crippen molar-refractivity contribution in [3.8, 4) is 5.75 Å². The van der Waals surface area contributed by atoms with Gasteiger partial charge >= 0.3 is 0 Å². The first kappa shape index (κ1) is 14.7. The number of aliphatic hydroxyl groups is 1. The molecular formula is C15H23NO2.